The number of aliphatic hydroxyl groups is 1. The highest BCUT2D eigenvalue weighted by atomic mass is 79.9. The van der Waals surface area contributed by atoms with Crippen LogP contribution in [0.4, 0.5) is 0 Å². The van der Waals surface area contributed by atoms with Crippen molar-refractivity contribution >= 4 is 27.3 Å². The molecule has 0 saturated carbocycles. The summed E-state index contributed by atoms with van der Waals surface area (Å²) in [6.07, 6.45) is 0.721. The van der Waals surface area contributed by atoms with Gasteiger partial charge < -0.3 is 15.2 Å². The fourth-order valence-electron chi connectivity index (χ4n) is 1.30. The maximum Gasteiger partial charge on any atom is 0.0701 e. The zero-order valence-electron chi connectivity index (χ0n) is 8.70. The largest absolute Gasteiger partial charge is 0.396 e. The molecule has 0 spiro atoms. The van der Waals surface area contributed by atoms with Gasteiger partial charge in [-0.1, -0.05) is 0 Å². The normalized spacial score (nSPS) is 13.0. The van der Waals surface area contributed by atoms with Gasteiger partial charge in [0.15, 0.2) is 0 Å². The van der Waals surface area contributed by atoms with Gasteiger partial charge in [-0.2, -0.15) is 0 Å². The van der Waals surface area contributed by atoms with E-state index in [0.29, 0.717) is 6.61 Å². The lowest BCUT2D eigenvalue weighted by Gasteiger charge is -2.16. The van der Waals surface area contributed by atoms with Gasteiger partial charge in [-0.25, -0.2) is 0 Å². The van der Waals surface area contributed by atoms with Crippen LogP contribution in [0.15, 0.2) is 15.2 Å². The molecule has 1 heterocycles. The molecule has 1 unspecified atom stereocenters. The van der Waals surface area contributed by atoms with Gasteiger partial charge in [-0.05, 0) is 39.4 Å². The average Bonchev–Trinajstić information content (AvgIpc) is 2.61. The van der Waals surface area contributed by atoms with Crippen LogP contribution in [0.5, 0.6) is 0 Å². The average molecular weight is 294 g/mol. The molecule has 0 aromatic carbocycles. The van der Waals surface area contributed by atoms with Crippen LogP contribution in [0.2, 0.25) is 0 Å². The first-order valence-corrected chi connectivity index (χ1v) is 6.49. The van der Waals surface area contributed by atoms with Crippen molar-refractivity contribution in [2.24, 2.45) is 0 Å². The first-order chi connectivity index (χ1) is 7.26. The molecule has 0 fully saturated rings. The third-order valence-corrected chi connectivity index (χ3v) is 3.62. The fraction of sp³-hybridized carbons (Fsp3) is 0.600. The molecule has 1 aromatic rings. The van der Waals surface area contributed by atoms with E-state index in [4.69, 9.17) is 9.84 Å². The lowest BCUT2D eigenvalue weighted by molar-refractivity contribution is 0.148. The van der Waals surface area contributed by atoms with Crippen LogP contribution in [0, 0.1) is 0 Å². The van der Waals surface area contributed by atoms with Crippen molar-refractivity contribution in [3.63, 3.8) is 0 Å². The highest BCUT2D eigenvalue weighted by Crippen LogP contribution is 2.20. The molecule has 5 heteroatoms. The summed E-state index contributed by atoms with van der Waals surface area (Å²) in [4.78, 5) is 0. The number of nitrogens with one attached hydrogen (secondary N) is 1. The Bertz CT molecular complexity index is 274. The Kier molecular flexibility index (Phi) is 6.43. The van der Waals surface area contributed by atoms with E-state index in [0.717, 1.165) is 16.8 Å². The molecule has 1 rings (SSSR count). The zero-order valence-corrected chi connectivity index (χ0v) is 11.1. The van der Waals surface area contributed by atoms with Crippen LogP contribution in [0.25, 0.3) is 0 Å². The smallest absolute Gasteiger partial charge is 0.0701 e. The second-order valence-corrected chi connectivity index (χ2v) is 5.59. The minimum Gasteiger partial charge on any atom is -0.396 e. The van der Waals surface area contributed by atoms with E-state index in [-0.39, 0.29) is 12.6 Å². The van der Waals surface area contributed by atoms with Gasteiger partial charge in [0.25, 0.3) is 0 Å². The first kappa shape index (κ1) is 13.1. The highest BCUT2D eigenvalue weighted by Gasteiger charge is 2.07. The van der Waals surface area contributed by atoms with Crippen LogP contribution in [-0.4, -0.2) is 31.5 Å². The molecule has 15 heavy (non-hydrogen) atoms. The van der Waals surface area contributed by atoms with Crippen molar-refractivity contribution in [2.75, 3.05) is 20.3 Å². The molecule has 0 saturated heterocycles. The molecule has 86 valence electrons. The number of rotatable bonds is 7. The van der Waals surface area contributed by atoms with Gasteiger partial charge in [0.05, 0.1) is 10.4 Å². The molecular formula is C10H16BrNO2S. The van der Waals surface area contributed by atoms with E-state index in [2.05, 4.69) is 32.7 Å². The van der Waals surface area contributed by atoms with E-state index in [1.807, 2.05) is 0 Å². The molecule has 0 bridgehead atoms. The minimum absolute atomic E-state index is 0.189. The lowest BCUT2D eigenvalue weighted by Crippen LogP contribution is -2.33. The Hall–Kier alpha value is 0.0600. The van der Waals surface area contributed by atoms with Crippen molar-refractivity contribution in [3.05, 3.63) is 20.8 Å². The summed E-state index contributed by atoms with van der Waals surface area (Å²) in [6, 6.07) is 2.32. The summed E-state index contributed by atoms with van der Waals surface area (Å²) in [6.45, 7) is 1.64. The Morgan fingerprint density at radius 1 is 1.67 bits per heavy atom. The molecule has 2 N–H and O–H groups in total. The van der Waals surface area contributed by atoms with Gasteiger partial charge in [-0.15, -0.1) is 11.3 Å². The molecule has 0 radical (unpaired) electrons. The Morgan fingerprint density at radius 2 is 2.47 bits per heavy atom. The standard InChI is InChI=1S/C10H16BrNO2S/c1-14-6-9(2-3-13)12-5-8-4-10(11)15-7-8/h4,7,9,12-13H,2-3,5-6H2,1H3. The number of hydrogen-bond donors (Lipinski definition) is 2. The molecule has 1 atom stereocenters. The van der Waals surface area contributed by atoms with Crippen LogP contribution in [0.1, 0.15) is 12.0 Å². The number of ether oxygens (including phenoxy) is 1. The van der Waals surface area contributed by atoms with Crippen molar-refractivity contribution in [2.45, 2.75) is 19.0 Å². The summed E-state index contributed by atoms with van der Waals surface area (Å²) >= 11 is 5.11. The Labute approximate surface area is 103 Å². The zero-order chi connectivity index (χ0) is 11.1. The van der Waals surface area contributed by atoms with Gasteiger partial charge in [0.1, 0.15) is 0 Å². The third kappa shape index (κ3) is 5.08. The quantitative estimate of drug-likeness (QED) is 0.808. The van der Waals surface area contributed by atoms with Gasteiger partial charge >= 0.3 is 0 Å². The second kappa shape index (κ2) is 7.35. The SMILES string of the molecule is COCC(CCO)NCc1csc(Br)c1. The van der Waals surface area contributed by atoms with Crippen molar-refractivity contribution in [3.8, 4) is 0 Å². The number of aliphatic hydroxyl groups excluding tert-OH is 1. The highest BCUT2D eigenvalue weighted by molar-refractivity contribution is 9.11. The molecular weight excluding hydrogens is 278 g/mol. The Morgan fingerprint density at radius 3 is 3.00 bits per heavy atom. The van der Waals surface area contributed by atoms with Crippen LogP contribution in [-0.2, 0) is 11.3 Å². The molecule has 0 aliphatic carbocycles. The van der Waals surface area contributed by atoms with E-state index in [1.165, 1.54) is 5.56 Å². The van der Waals surface area contributed by atoms with E-state index in [1.54, 1.807) is 18.4 Å². The predicted molar refractivity (Wildman–Crippen MR) is 66.2 cm³/mol. The number of halogens is 1. The summed E-state index contributed by atoms with van der Waals surface area (Å²) in [7, 11) is 1.67. The topological polar surface area (TPSA) is 41.5 Å². The van der Waals surface area contributed by atoms with Gasteiger partial charge in [-0.3, -0.25) is 0 Å². The minimum atomic E-state index is 0.189. The Balaban J connectivity index is 2.32. The number of hydrogen-bond acceptors (Lipinski definition) is 4. The summed E-state index contributed by atoms with van der Waals surface area (Å²) in [5.41, 5.74) is 1.26. The van der Waals surface area contributed by atoms with Gasteiger partial charge in [0.2, 0.25) is 0 Å². The molecule has 1 aromatic heterocycles. The monoisotopic (exact) mass is 293 g/mol. The van der Waals surface area contributed by atoms with E-state index in [9.17, 15) is 0 Å². The van der Waals surface area contributed by atoms with Crippen molar-refractivity contribution in [1.82, 2.24) is 5.32 Å². The summed E-state index contributed by atoms with van der Waals surface area (Å²) in [5.74, 6) is 0. The molecule has 0 amide bonds. The number of methoxy groups -OCH3 is 1. The first-order valence-electron chi connectivity index (χ1n) is 4.82. The molecule has 0 aliphatic heterocycles. The van der Waals surface area contributed by atoms with Crippen LogP contribution in [0.3, 0.4) is 0 Å². The summed E-state index contributed by atoms with van der Waals surface area (Å²) < 4.78 is 6.21. The third-order valence-electron chi connectivity index (χ3n) is 2.06. The fourth-order valence-corrected chi connectivity index (χ4v) is 2.51. The maximum absolute atomic E-state index is 8.86. The molecule has 0 aliphatic rings. The van der Waals surface area contributed by atoms with Gasteiger partial charge in [0, 0.05) is 26.3 Å². The predicted octanol–water partition coefficient (Wildman–Crippen LogP) is 2.00. The second-order valence-electron chi connectivity index (χ2n) is 3.30. The lowest BCUT2D eigenvalue weighted by atomic mass is 10.2. The maximum atomic E-state index is 8.86. The molecule has 3 nitrogen and oxygen atoms in total. The van der Waals surface area contributed by atoms with Crippen molar-refractivity contribution in [1.29, 1.82) is 0 Å². The van der Waals surface area contributed by atoms with E-state index >= 15 is 0 Å². The number of thiophene rings is 1. The van der Waals surface area contributed by atoms with E-state index < -0.39 is 0 Å². The summed E-state index contributed by atoms with van der Waals surface area (Å²) in [5, 5.41) is 14.3. The van der Waals surface area contributed by atoms with Crippen LogP contribution < -0.4 is 5.32 Å². The van der Waals surface area contributed by atoms with Crippen molar-refractivity contribution < 1.29 is 9.84 Å². The van der Waals surface area contributed by atoms with Crippen LogP contribution >= 0.6 is 27.3 Å².